The smallest absolute Gasteiger partial charge is 0.0491 e. The largest absolute Gasteiger partial charge is 0.384 e. The van der Waals surface area contributed by atoms with E-state index < -0.39 is 0 Å². The van der Waals surface area contributed by atoms with Crippen molar-refractivity contribution in [3.05, 3.63) is 34.9 Å². The minimum Gasteiger partial charge on any atom is -0.384 e. The molecule has 3 heteroatoms. The Kier molecular flexibility index (Phi) is 6.18. The van der Waals surface area contributed by atoms with Gasteiger partial charge in [0.2, 0.25) is 0 Å². The molecule has 0 fully saturated rings. The van der Waals surface area contributed by atoms with Gasteiger partial charge in [0.05, 0.1) is 0 Å². The maximum atomic E-state index is 6.00. The number of hydrogen-bond donors (Lipinski definition) is 0. The van der Waals surface area contributed by atoms with E-state index >= 15 is 0 Å². The van der Waals surface area contributed by atoms with E-state index in [1.165, 1.54) is 5.56 Å². The first kappa shape index (κ1) is 13.8. The van der Waals surface area contributed by atoms with Crippen molar-refractivity contribution in [1.29, 1.82) is 0 Å². The van der Waals surface area contributed by atoms with Crippen LogP contribution in [0.25, 0.3) is 0 Å². The Morgan fingerprint density at radius 3 is 2.69 bits per heavy atom. The molecule has 2 unspecified atom stereocenters. The van der Waals surface area contributed by atoms with Gasteiger partial charge >= 0.3 is 0 Å². The average molecular weight is 261 g/mol. The summed E-state index contributed by atoms with van der Waals surface area (Å²) in [6, 6.07) is 7.95. The van der Waals surface area contributed by atoms with Gasteiger partial charge in [0, 0.05) is 24.6 Å². The quantitative estimate of drug-likeness (QED) is 0.703. The van der Waals surface area contributed by atoms with Crippen LogP contribution in [0.15, 0.2) is 24.3 Å². The summed E-state index contributed by atoms with van der Waals surface area (Å²) in [6.07, 6.45) is 0.953. The van der Waals surface area contributed by atoms with Crippen LogP contribution in [0.1, 0.15) is 12.5 Å². The molecule has 0 N–H and O–H groups in total. The normalized spacial score (nSPS) is 14.8. The van der Waals surface area contributed by atoms with Crippen molar-refractivity contribution in [2.24, 2.45) is 11.8 Å². The van der Waals surface area contributed by atoms with E-state index in [0.717, 1.165) is 18.1 Å². The maximum absolute atomic E-state index is 6.00. The average Bonchev–Trinajstić information content (AvgIpc) is 2.26. The Morgan fingerprint density at radius 2 is 2.12 bits per heavy atom. The van der Waals surface area contributed by atoms with Crippen LogP contribution in [0.2, 0.25) is 5.02 Å². The highest BCUT2D eigenvalue weighted by atomic mass is 35.5. The maximum Gasteiger partial charge on any atom is 0.0491 e. The number of rotatable bonds is 6. The minimum atomic E-state index is 0.431. The Hall–Kier alpha value is -0.240. The lowest BCUT2D eigenvalue weighted by molar-refractivity contribution is 0.135. The summed E-state index contributed by atoms with van der Waals surface area (Å²) < 4.78 is 5.16. The van der Waals surface area contributed by atoms with Gasteiger partial charge in [0.25, 0.3) is 0 Å². The molecule has 1 rings (SSSR count). The topological polar surface area (TPSA) is 9.23 Å². The molecule has 1 nitrogen and oxygen atoms in total. The van der Waals surface area contributed by atoms with Crippen molar-refractivity contribution in [3.63, 3.8) is 0 Å². The van der Waals surface area contributed by atoms with Gasteiger partial charge < -0.3 is 4.74 Å². The van der Waals surface area contributed by atoms with Gasteiger partial charge in [-0.2, -0.15) is 0 Å². The Labute approximate surface area is 108 Å². The number of benzene rings is 1. The van der Waals surface area contributed by atoms with Crippen LogP contribution in [0.3, 0.4) is 0 Å². The third-order valence-electron chi connectivity index (χ3n) is 2.82. The summed E-state index contributed by atoms with van der Waals surface area (Å²) >= 11 is 12.0. The monoisotopic (exact) mass is 260 g/mol. The summed E-state index contributed by atoms with van der Waals surface area (Å²) in [5.74, 6) is 1.54. The molecule has 0 saturated carbocycles. The van der Waals surface area contributed by atoms with E-state index in [4.69, 9.17) is 27.9 Å². The van der Waals surface area contributed by atoms with Gasteiger partial charge in [-0.3, -0.25) is 0 Å². The molecule has 0 radical (unpaired) electrons. The molecule has 1 aromatic carbocycles. The highest BCUT2D eigenvalue weighted by molar-refractivity contribution is 6.30. The van der Waals surface area contributed by atoms with Crippen molar-refractivity contribution >= 4 is 23.2 Å². The van der Waals surface area contributed by atoms with Crippen molar-refractivity contribution < 1.29 is 4.74 Å². The standard InChI is InChI=1S/C13H18Cl2O/c1-10(9-16-2)12(8-14)6-11-4-3-5-13(15)7-11/h3-5,7,10,12H,6,8-9H2,1-2H3. The molecular formula is C13H18Cl2O. The molecule has 16 heavy (non-hydrogen) atoms. The number of methoxy groups -OCH3 is 1. The summed E-state index contributed by atoms with van der Waals surface area (Å²) in [7, 11) is 1.72. The molecule has 0 bridgehead atoms. The first-order chi connectivity index (χ1) is 7.67. The van der Waals surface area contributed by atoms with Crippen LogP contribution in [-0.2, 0) is 11.2 Å². The molecule has 0 amide bonds. The molecule has 2 atom stereocenters. The van der Waals surface area contributed by atoms with Crippen molar-refractivity contribution in [1.82, 2.24) is 0 Å². The molecule has 1 aromatic rings. The number of hydrogen-bond acceptors (Lipinski definition) is 1. The van der Waals surface area contributed by atoms with Crippen LogP contribution in [0, 0.1) is 11.8 Å². The molecular weight excluding hydrogens is 243 g/mol. The molecule has 90 valence electrons. The zero-order chi connectivity index (χ0) is 12.0. The minimum absolute atomic E-state index is 0.431. The van der Waals surface area contributed by atoms with Crippen LogP contribution < -0.4 is 0 Å². The Morgan fingerprint density at radius 1 is 1.38 bits per heavy atom. The molecule has 0 aliphatic heterocycles. The molecule has 0 aliphatic carbocycles. The Bertz CT molecular complexity index is 315. The number of ether oxygens (including phenoxy) is 1. The lowest BCUT2D eigenvalue weighted by atomic mass is 9.90. The van der Waals surface area contributed by atoms with E-state index in [2.05, 4.69) is 13.0 Å². The molecule has 0 heterocycles. The summed E-state index contributed by atoms with van der Waals surface area (Å²) in [4.78, 5) is 0. The number of halogens is 2. The molecule has 0 aromatic heterocycles. The van der Waals surface area contributed by atoms with Gasteiger partial charge in [-0.05, 0) is 36.0 Å². The van der Waals surface area contributed by atoms with E-state index in [-0.39, 0.29) is 0 Å². The van der Waals surface area contributed by atoms with Gasteiger partial charge in [-0.25, -0.2) is 0 Å². The van der Waals surface area contributed by atoms with Gasteiger partial charge in [-0.15, -0.1) is 11.6 Å². The summed E-state index contributed by atoms with van der Waals surface area (Å²) in [6.45, 7) is 2.92. The first-order valence-electron chi connectivity index (χ1n) is 5.46. The second kappa shape index (κ2) is 7.16. The lowest BCUT2D eigenvalue weighted by Gasteiger charge is -2.21. The molecule has 0 aliphatic rings. The van der Waals surface area contributed by atoms with Crippen molar-refractivity contribution in [2.75, 3.05) is 19.6 Å². The zero-order valence-corrected chi connectivity index (χ0v) is 11.3. The fourth-order valence-corrected chi connectivity index (χ4v) is 2.40. The molecule has 0 saturated heterocycles. The third-order valence-corrected chi connectivity index (χ3v) is 3.45. The van der Waals surface area contributed by atoms with Crippen LogP contribution in [-0.4, -0.2) is 19.6 Å². The summed E-state index contributed by atoms with van der Waals surface area (Å²) in [5.41, 5.74) is 1.24. The second-order valence-electron chi connectivity index (χ2n) is 4.18. The Balaban J connectivity index is 2.62. The van der Waals surface area contributed by atoms with Gasteiger partial charge in [0.1, 0.15) is 0 Å². The van der Waals surface area contributed by atoms with E-state index in [9.17, 15) is 0 Å². The van der Waals surface area contributed by atoms with E-state index in [1.807, 2.05) is 18.2 Å². The van der Waals surface area contributed by atoms with Gasteiger partial charge in [-0.1, -0.05) is 30.7 Å². The fraction of sp³-hybridized carbons (Fsp3) is 0.538. The highest BCUT2D eigenvalue weighted by Gasteiger charge is 2.16. The summed E-state index contributed by atoms with van der Waals surface area (Å²) in [5, 5.41) is 0.783. The van der Waals surface area contributed by atoms with Crippen molar-refractivity contribution in [3.8, 4) is 0 Å². The zero-order valence-electron chi connectivity index (χ0n) is 9.75. The highest BCUT2D eigenvalue weighted by Crippen LogP contribution is 2.21. The number of alkyl halides is 1. The SMILES string of the molecule is COCC(C)C(CCl)Cc1cccc(Cl)c1. The van der Waals surface area contributed by atoms with Crippen LogP contribution in [0.5, 0.6) is 0 Å². The van der Waals surface area contributed by atoms with E-state index in [0.29, 0.717) is 17.7 Å². The van der Waals surface area contributed by atoms with Crippen LogP contribution in [0.4, 0.5) is 0 Å². The second-order valence-corrected chi connectivity index (χ2v) is 4.93. The van der Waals surface area contributed by atoms with Crippen molar-refractivity contribution in [2.45, 2.75) is 13.3 Å². The predicted octanol–water partition coefficient (Wildman–Crippen LogP) is 4.02. The fourth-order valence-electron chi connectivity index (χ4n) is 1.77. The lowest BCUT2D eigenvalue weighted by Crippen LogP contribution is -2.20. The molecule has 0 spiro atoms. The van der Waals surface area contributed by atoms with Gasteiger partial charge in [0.15, 0.2) is 0 Å². The first-order valence-corrected chi connectivity index (χ1v) is 6.38. The van der Waals surface area contributed by atoms with E-state index in [1.54, 1.807) is 7.11 Å². The predicted molar refractivity (Wildman–Crippen MR) is 70.4 cm³/mol. The third kappa shape index (κ3) is 4.32. The van der Waals surface area contributed by atoms with Crippen LogP contribution >= 0.6 is 23.2 Å².